The van der Waals surface area contributed by atoms with E-state index < -0.39 is 0 Å². The molecule has 3 nitrogen and oxygen atoms in total. The minimum Gasteiger partial charge on any atom is -0.379 e. The van der Waals surface area contributed by atoms with Gasteiger partial charge in [0.1, 0.15) is 5.15 Å². The van der Waals surface area contributed by atoms with Crippen molar-refractivity contribution in [1.29, 1.82) is 0 Å². The van der Waals surface area contributed by atoms with Crippen LogP contribution in [0.15, 0.2) is 24.0 Å². The molecule has 0 spiro atoms. The van der Waals surface area contributed by atoms with Crippen LogP contribution >= 0.6 is 22.9 Å². The third-order valence-electron chi connectivity index (χ3n) is 1.96. The summed E-state index contributed by atoms with van der Waals surface area (Å²) in [7, 11) is 0. The van der Waals surface area contributed by atoms with Crippen LogP contribution in [0.5, 0.6) is 0 Å². The average molecular weight is 240 g/mol. The quantitative estimate of drug-likeness (QED) is 0.837. The summed E-state index contributed by atoms with van der Waals surface area (Å²) >= 11 is 7.46. The SMILES string of the molecule is Cc1cc(NCc2cncs2)cnc1Cl. The molecule has 2 aromatic rings. The van der Waals surface area contributed by atoms with Gasteiger partial charge in [-0.3, -0.25) is 4.98 Å². The number of aromatic nitrogens is 2. The molecule has 0 fully saturated rings. The van der Waals surface area contributed by atoms with Gasteiger partial charge in [0.15, 0.2) is 0 Å². The van der Waals surface area contributed by atoms with Crippen LogP contribution in [0.25, 0.3) is 0 Å². The van der Waals surface area contributed by atoms with Gasteiger partial charge in [-0.1, -0.05) is 11.6 Å². The Hall–Kier alpha value is -1.13. The van der Waals surface area contributed by atoms with E-state index in [2.05, 4.69) is 15.3 Å². The van der Waals surface area contributed by atoms with Crippen molar-refractivity contribution < 1.29 is 0 Å². The van der Waals surface area contributed by atoms with Gasteiger partial charge in [-0.25, -0.2) is 4.98 Å². The Morgan fingerprint density at radius 1 is 1.47 bits per heavy atom. The van der Waals surface area contributed by atoms with Crippen molar-refractivity contribution in [3.8, 4) is 0 Å². The van der Waals surface area contributed by atoms with Crippen LogP contribution in [-0.4, -0.2) is 9.97 Å². The van der Waals surface area contributed by atoms with Crippen LogP contribution in [-0.2, 0) is 6.54 Å². The van der Waals surface area contributed by atoms with E-state index in [0.29, 0.717) is 5.15 Å². The van der Waals surface area contributed by atoms with Crippen molar-refractivity contribution in [2.75, 3.05) is 5.32 Å². The van der Waals surface area contributed by atoms with Crippen LogP contribution < -0.4 is 5.32 Å². The molecule has 0 aliphatic carbocycles. The van der Waals surface area contributed by atoms with Gasteiger partial charge in [-0.15, -0.1) is 11.3 Å². The Kier molecular flexibility index (Phi) is 3.18. The Bertz CT molecular complexity index is 442. The van der Waals surface area contributed by atoms with Crippen molar-refractivity contribution in [2.45, 2.75) is 13.5 Å². The number of nitrogens with zero attached hydrogens (tertiary/aromatic N) is 2. The molecule has 0 saturated carbocycles. The minimum absolute atomic E-state index is 0.554. The number of rotatable bonds is 3. The average Bonchev–Trinajstić information content (AvgIpc) is 2.73. The standard InChI is InChI=1S/C10H10ClN3S/c1-7-2-8(3-14-10(7)11)13-5-9-4-12-6-15-9/h2-4,6,13H,5H2,1H3. The maximum absolute atomic E-state index is 5.83. The molecule has 0 unspecified atom stereocenters. The first kappa shape index (κ1) is 10.4. The van der Waals surface area contributed by atoms with E-state index in [4.69, 9.17) is 11.6 Å². The Labute approximate surface area is 97.2 Å². The number of pyridine rings is 1. The van der Waals surface area contributed by atoms with Crippen molar-refractivity contribution in [3.05, 3.63) is 39.6 Å². The third-order valence-corrected chi connectivity index (χ3v) is 3.14. The van der Waals surface area contributed by atoms with Crippen molar-refractivity contribution in [3.63, 3.8) is 0 Å². The van der Waals surface area contributed by atoms with Gasteiger partial charge >= 0.3 is 0 Å². The van der Waals surface area contributed by atoms with E-state index in [1.165, 1.54) is 4.88 Å². The lowest BCUT2D eigenvalue weighted by Gasteiger charge is -2.05. The molecule has 0 aliphatic rings. The molecule has 0 amide bonds. The Balaban J connectivity index is 2.02. The maximum atomic E-state index is 5.83. The lowest BCUT2D eigenvalue weighted by atomic mass is 10.3. The molecule has 2 aromatic heterocycles. The van der Waals surface area contributed by atoms with Gasteiger partial charge in [-0.2, -0.15) is 0 Å². The minimum atomic E-state index is 0.554. The molecule has 0 aliphatic heterocycles. The number of anilines is 1. The molecule has 15 heavy (non-hydrogen) atoms. The van der Waals surface area contributed by atoms with Gasteiger partial charge in [0.05, 0.1) is 23.9 Å². The van der Waals surface area contributed by atoms with Crippen molar-refractivity contribution in [2.24, 2.45) is 0 Å². The van der Waals surface area contributed by atoms with E-state index in [9.17, 15) is 0 Å². The highest BCUT2D eigenvalue weighted by Gasteiger charge is 1.99. The van der Waals surface area contributed by atoms with Gasteiger partial charge in [0.25, 0.3) is 0 Å². The second-order valence-electron chi connectivity index (χ2n) is 3.15. The molecule has 0 atom stereocenters. The molecule has 0 radical (unpaired) electrons. The smallest absolute Gasteiger partial charge is 0.132 e. The first-order valence-corrected chi connectivity index (χ1v) is 5.75. The molecule has 1 N–H and O–H groups in total. The fourth-order valence-electron chi connectivity index (χ4n) is 1.17. The largest absolute Gasteiger partial charge is 0.379 e. The number of hydrogen-bond acceptors (Lipinski definition) is 4. The van der Waals surface area contributed by atoms with Crippen LogP contribution in [0.2, 0.25) is 5.15 Å². The van der Waals surface area contributed by atoms with E-state index in [0.717, 1.165) is 17.8 Å². The number of thiazole rings is 1. The highest BCUT2D eigenvalue weighted by Crippen LogP contribution is 2.17. The Morgan fingerprint density at radius 2 is 2.33 bits per heavy atom. The Morgan fingerprint density at radius 3 is 3.00 bits per heavy atom. The van der Waals surface area contributed by atoms with E-state index in [1.807, 2.05) is 24.7 Å². The van der Waals surface area contributed by atoms with E-state index >= 15 is 0 Å². The zero-order valence-electron chi connectivity index (χ0n) is 8.20. The van der Waals surface area contributed by atoms with E-state index in [1.54, 1.807) is 17.5 Å². The predicted molar refractivity (Wildman–Crippen MR) is 63.4 cm³/mol. The summed E-state index contributed by atoms with van der Waals surface area (Å²) in [6.45, 7) is 2.71. The zero-order chi connectivity index (χ0) is 10.7. The summed E-state index contributed by atoms with van der Waals surface area (Å²) in [6, 6.07) is 1.98. The first-order valence-electron chi connectivity index (χ1n) is 4.49. The molecular weight excluding hydrogens is 230 g/mol. The highest BCUT2D eigenvalue weighted by atomic mass is 35.5. The monoisotopic (exact) mass is 239 g/mol. The summed E-state index contributed by atoms with van der Waals surface area (Å²) in [5.41, 5.74) is 3.78. The van der Waals surface area contributed by atoms with Gasteiger partial charge in [0.2, 0.25) is 0 Å². The van der Waals surface area contributed by atoms with Crippen LogP contribution in [0, 0.1) is 6.92 Å². The summed E-state index contributed by atoms with van der Waals surface area (Å²) < 4.78 is 0. The summed E-state index contributed by atoms with van der Waals surface area (Å²) in [6.07, 6.45) is 3.59. The summed E-state index contributed by atoms with van der Waals surface area (Å²) in [4.78, 5) is 9.27. The molecule has 2 rings (SSSR count). The van der Waals surface area contributed by atoms with Gasteiger partial charge in [0, 0.05) is 11.1 Å². The lowest BCUT2D eigenvalue weighted by molar-refractivity contribution is 1.15. The van der Waals surface area contributed by atoms with E-state index in [-0.39, 0.29) is 0 Å². The predicted octanol–water partition coefficient (Wildman–Crippen LogP) is 3.11. The normalized spacial score (nSPS) is 10.3. The van der Waals surface area contributed by atoms with Crippen molar-refractivity contribution >= 4 is 28.6 Å². The number of hydrogen-bond donors (Lipinski definition) is 1. The lowest BCUT2D eigenvalue weighted by Crippen LogP contribution is -1.98. The van der Waals surface area contributed by atoms with Crippen LogP contribution in [0.3, 0.4) is 0 Å². The van der Waals surface area contributed by atoms with Crippen molar-refractivity contribution in [1.82, 2.24) is 9.97 Å². The highest BCUT2D eigenvalue weighted by molar-refractivity contribution is 7.09. The second kappa shape index (κ2) is 4.59. The second-order valence-corrected chi connectivity index (χ2v) is 4.48. The van der Waals surface area contributed by atoms with Gasteiger partial charge in [-0.05, 0) is 18.6 Å². The number of aryl methyl sites for hydroxylation is 1. The summed E-state index contributed by atoms with van der Waals surface area (Å²) in [5, 5.41) is 3.82. The molecule has 5 heteroatoms. The number of nitrogens with one attached hydrogen (secondary N) is 1. The molecule has 0 bridgehead atoms. The van der Waals surface area contributed by atoms with Gasteiger partial charge < -0.3 is 5.32 Å². The first-order chi connectivity index (χ1) is 7.25. The van der Waals surface area contributed by atoms with Crippen LogP contribution in [0.4, 0.5) is 5.69 Å². The topological polar surface area (TPSA) is 37.8 Å². The molecular formula is C10H10ClN3S. The fraction of sp³-hybridized carbons (Fsp3) is 0.200. The number of halogens is 1. The zero-order valence-corrected chi connectivity index (χ0v) is 9.77. The van der Waals surface area contributed by atoms with Crippen LogP contribution in [0.1, 0.15) is 10.4 Å². The third kappa shape index (κ3) is 2.67. The molecule has 78 valence electrons. The fourth-order valence-corrected chi connectivity index (χ4v) is 1.81. The molecule has 0 saturated heterocycles. The maximum Gasteiger partial charge on any atom is 0.132 e. The molecule has 2 heterocycles. The summed E-state index contributed by atoms with van der Waals surface area (Å²) in [5.74, 6) is 0. The molecule has 0 aromatic carbocycles.